The number of halogens is 3. The molecular formula is C32H26F3N3O5. The van der Waals surface area contributed by atoms with E-state index >= 15 is 0 Å². The van der Waals surface area contributed by atoms with Gasteiger partial charge in [0.05, 0.1) is 5.69 Å². The molecule has 0 heterocycles. The number of carbonyl (C=O) groups is 3. The summed E-state index contributed by atoms with van der Waals surface area (Å²) in [5.74, 6) is -3.12. The van der Waals surface area contributed by atoms with Crippen LogP contribution in [0.4, 0.5) is 29.3 Å². The van der Waals surface area contributed by atoms with Crippen LogP contribution < -0.4 is 16.1 Å². The van der Waals surface area contributed by atoms with Gasteiger partial charge in [0.1, 0.15) is 6.61 Å². The summed E-state index contributed by atoms with van der Waals surface area (Å²) in [6.45, 7) is -0.298. The summed E-state index contributed by atoms with van der Waals surface area (Å²) in [7, 11) is 0. The topological polar surface area (TPSA) is 111 Å². The first-order valence-corrected chi connectivity index (χ1v) is 13.2. The van der Waals surface area contributed by atoms with Gasteiger partial charge in [0.25, 0.3) is 5.91 Å². The van der Waals surface area contributed by atoms with Gasteiger partial charge in [0, 0.05) is 22.7 Å². The minimum Gasteiger partial charge on any atom is -0.442 e. The Bertz CT molecular complexity index is 1620. The average molecular weight is 590 g/mol. The Morgan fingerprint density at radius 2 is 1.53 bits per heavy atom. The van der Waals surface area contributed by atoms with Gasteiger partial charge in [-0.3, -0.25) is 4.79 Å². The first-order chi connectivity index (χ1) is 20.5. The molecule has 220 valence electrons. The molecule has 0 radical (unpaired) electrons. The molecule has 0 bridgehead atoms. The fourth-order valence-corrected chi connectivity index (χ4v) is 4.65. The maximum atomic E-state index is 13.0. The van der Waals surface area contributed by atoms with E-state index in [1.54, 1.807) is 42.5 Å². The Morgan fingerprint density at radius 3 is 2.19 bits per heavy atom. The molecule has 1 aliphatic carbocycles. The molecule has 2 atom stereocenters. The number of benzene rings is 4. The Hall–Kier alpha value is -5.16. The highest BCUT2D eigenvalue weighted by molar-refractivity contribution is 6.05. The Labute approximate surface area is 244 Å². The van der Waals surface area contributed by atoms with E-state index in [2.05, 4.69) is 10.2 Å². The highest BCUT2D eigenvalue weighted by atomic mass is 19.4. The zero-order chi connectivity index (χ0) is 30.6. The number of hydrogen-bond acceptors (Lipinski definition) is 6. The van der Waals surface area contributed by atoms with E-state index in [-0.39, 0.29) is 28.8 Å². The summed E-state index contributed by atoms with van der Waals surface area (Å²) in [6, 6.07) is 30.4. The predicted molar refractivity (Wildman–Crippen MR) is 152 cm³/mol. The van der Waals surface area contributed by atoms with Crippen molar-refractivity contribution in [2.45, 2.75) is 30.7 Å². The Balaban J connectivity index is 1.28. The molecule has 1 aliphatic rings. The second-order valence-corrected chi connectivity index (χ2v) is 10.0. The number of hydrogen-bond donors (Lipinski definition) is 2. The molecule has 8 nitrogen and oxygen atoms in total. The van der Waals surface area contributed by atoms with Gasteiger partial charge in [-0.05, 0) is 53.4 Å². The number of amides is 2. The highest BCUT2D eigenvalue weighted by Gasteiger charge is 2.52. The molecule has 4 aromatic carbocycles. The van der Waals surface area contributed by atoms with Crippen LogP contribution in [0.3, 0.4) is 0 Å². The predicted octanol–water partition coefficient (Wildman–Crippen LogP) is 6.44. The van der Waals surface area contributed by atoms with E-state index in [4.69, 9.17) is 10.5 Å². The van der Waals surface area contributed by atoms with Gasteiger partial charge in [0.2, 0.25) is 0 Å². The number of nitrogens with zero attached hydrogens (tertiary/aromatic N) is 1. The van der Waals surface area contributed by atoms with Crippen molar-refractivity contribution in [1.29, 1.82) is 0 Å². The Kier molecular flexibility index (Phi) is 8.18. The number of nitrogens with two attached hydrogens (primary N) is 1. The summed E-state index contributed by atoms with van der Waals surface area (Å²) < 4.78 is 44.0. The zero-order valence-corrected chi connectivity index (χ0v) is 22.6. The lowest BCUT2D eigenvalue weighted by atomic mass is 9.99. The molecular weight excluding hydrogens is 563 g/mol. The van der Waals surface area contributed by atoms with Crippen LogP contribution in [0.15, 0.2) is 109 Å². The van der Waals surface area contributed by atoms with Crippen LogP contribution in [-0.4, -0.2) is 24.1 Å². The maximum Gasteiger partial charge on any atom is 0.493 e. The normalized spacial score (nSPS) is 17.4. The highest BCUT2D eigenvalue weighted by Crippen LogP contribution is 2.56. The second-order valence-electron chi connectivity index (χ2n) is 10.0. The SMILES string of the molecule is NC1(c2ccccc2)CC1c1ccc(NC(=O)c2cccc(N(OC(=O)C(F)(F)F)C(=O)OCc3ccccc3)c2)cc1. The van der Waals surface area contributed by atoms with Gasteiger partial charge in [0.15, 0.2) is 0 Å². The largest absolute Gasteiger partial charge is 0.493 e. The lowest BCUT2D eigenvalue weighted by Gasteiger charge is -2.21. The van der Waals surface area contributed by atoms with Gasteiger partial charge < -0.3 is 20.6 Å². The number of ether oxygens (including phenoxy) is 1. The lowest BCUT2D eigenvalue weighted by molar-refractivity contribution is -0.200. The van der Waals surface area contributed by atoms with Crippen molar-refractivity contribution in [2.75, 3.05) is 10.4 Å². The summed E-state index contributed by atoms with van der Waals surface area (Å²) in [5.41, 5.74) is 8.89. The number of alkyl halides is 3. The molecule has 43 heavy (non-hydrogen) atoms. The number of hydroxylamine groups is 1. The molecule has 1 saturated carbocycles. The first-order valence-electron chi connectivity index (χ1n) is 13.2. The molecule has 0 spiro atoms. The average Bonchev–Trinajstić information content (AvgIpc) is 3.72. The number of rotatable bonds is 7. The molecule has 0 saturated heterocycles. The van der Waals surface area contributed by atoms with Gasteiger partial charge in [-0.15, -0.1) is 5.06 Å². The Morgan fingerprint density at radius 1 is 0.884 bits per heavy atom. The van der Waals surface area contributed by atoms with Crippen LogP contribution in [0, 0.1) is 0 Å². The van der Waals surface area contributed by atoms with Crippen molar-refractivity contribution in [3.8, 4) is 0 Å². The molecule has 0 aliphatic heterocycles. The lowest BCUT2D eigenvalue weighted by Crippen LogP contribution is -2.39. The minimum atomic E-state index is -5.38. The van der Waals surface area contributed by atoms with Crippen LogP contribution >= 0.6 is 0 Å². The van der Waals surface area contributed by atoms with Crippen LogP contribution in [0.1, 0.15) is 39.4 Å². The van der Waals surface area contributed by atoms with Gasteiger partial charge in [-0.25, -0.2) is 9.59 Å². The molecule has 1 fully saturated rings. The van der Waals surface area contributed by atoms with Crippen LogP contribution in [0.5, 0.6) is 0 Å². The zero-order valence-electron chi connectivity index (χ0n) is 22.6. The smallest absolute Gasteiger partial charge is 0.442 e. The molecule has 2 amide bonds. The molecule has 0 aromatic heterocycles. The molecule has 3 N–H and O–H groups in total. The van der Waals surface area contributed by atoms with Crippen molar-refractivity contribution in [3.63, 3.8) is 0 Å². The third-order valence-electron chi connectivity index (χ3n) is 7.01. The molecule has 4 aromatic rings. The maximum absolute atomic E-state index is 13.0. The van der Waals surface area contributed by atoms with Gasteiger partial charge in [-0.1, -0.05) is 78.9 Å². The minimum absolute atomic E-state index is 0.0160. The molecule has 2 unspecified atom stereocenters. The summed E-state index contributed by atoms with van der Waals surface area (Å²) >= 11 is 0. The van der Waals surface area contributed by atoms with Crippen molar-refractivity contribution in [1.82, 2.24) is 0 Å². The third kappa shape index (κ3) is 6.84. The van der Waals surface area contributed by atoms with Gasteiger partial charge in [-0.2, -0.15) is 13.2 Å². The van der Waals surface area contributed by atoms with Gasteiger partial charge >= 0.3 is 18.2 Å². The van der Waals surface area contributed by atoms with E-state index in [1.165, 1.54) is 18.2 Å². The standard InChI is InChI=1S/C32H26F3N3O5/c33-32(34,35)29(40)43-38(30(41)42-20-21-8-3-1-4-9-21)26-13-7-10-23(18-26)28(39)37-25-16-14-22(15-17-25)27-19-31(27,36)24-11-5-2-6-12-24/h1-18,27H,19-20,36H2,(H,37,39). The quantitative estimate of drug-likeness (QED) is 0.240. The van der Waals surface area contributed by atoms with E-state index in [9.17, 15) is 27.6 Å². The fraction of sp³-hybridized carbons (Fsp3) is 0.156. The third-order valence-corrected chi connectivity index (χ3v) is 7.01. The summed E-state index contributed by atoms with van der Waals surface area (Å²) in [6.07, 6.45) is -5.98. The molecule has 5 rings (SSSR count). The first kappa shape index (κ1) is 29.3. The summed E-state index contributed by atoms with van der Waals surface area (Å²) in [5, 5.41) is 2.77. The van der Waals surface area contributed by atoms with Crippen molar-refractivity contribution >= 4 is 29.3 Å². The van der Waals surface area contributed by atoms with E-state index < -0.39 is 29.7 Å². The monoisotopic (exact) mass is 589 g/mol. The van der Waals surface area contributed by atoms with Crippen molar-refractivity contribution < 1.29 is 37.1 Å². The van der Waals surface area contributed by atoms with Crippen LogP contribution in [0.2, 0.25) is 0 Å². The number of carbonyl (C=O) groups excluding carboxylic acids is 3. The fourth-order valence-electron chi connectivity index (χ4n) is 4.65. The van der Waals surface area contributed by atoms with E-state index in [0.29, 0.717) is 11.3 Å². The van der Waals surface area contributed by atoms with Crippen molar-refractivity contribution in [2.24, 2.45) is 5.73 Å². The van der Waals surface area contributed by atoms with E-state index in [1.807, 2.05) is 42.5 Å². The number of anilines is 2. The molecule has 11 heteroatoms. The van der Waals surface area contributed by atoms with Crippen LogP contribution in [-0.2, 0) is 26.5 Å². The second kappa shape index (κ2) is 12.0. The van der Waals surface area contributed by atoms with Crippen LogP contribution in [0.25, 0.3) is 0 Å². The van der Waals surface area contributed by atoms with E-state index in [0.717, 1.165) is 23.6 Å². The van der Waals surface area contributed by atoms with Crippen molar-refractivity contribution in [3.05, 3.63) is 131 Å². The summed E-state index contributed by atoms with van der Waals surface area (Å²) in [4.78, 5) is 41.7. The number of nitrogens with one attached hydrogen (secondary N) is 1.